The molecule has 0 aliphatic carbocycles. The Kier molecular flexibility index (Phi) is 6.65. The Balaban J connectivity index is 1.38. The van der Waals surface area contributed by atoms with Crippen LogP contribution in [0.2, 0.25) is 0 Å². The molecule has 0 saturated carbocycles. The van der Waals surface area contributed by atoms with E-state index in [1.54, 1.807) is 21.9 Å². The molecule has 8 heteroatoms. The van der Waals surface area contributed by atoms with Gasteiger partial charge in [-0.05, 0) is 30.0 Å². The Labute approximate surface area is 167 Å². The summed E-state index contributed by atoms with van der Waals surface area (Å²) in [6, 6.07) is 11.0. The molecule has 1 aromatic heterocycles. The molecule has 0 bridgehead atoms. The third-order valence-corrected chi connectivity index (χ3v) is 5.31. The van der Waals surface area contributed by atoms with Gasteiger partial charge in [-0.25, -0.2) is 4.79 Å². The first-order valence-electron chi connectivity index (χ1n) is 8.99. The van der Waals surface area contributed by atoms with Crippen molar-refractivity contribution in [1.29, 1.82) is 0 Å². The number of hydrogen-bond donors (Lipinski definition) is 0. The van der Waals surface area contributed by atoms with E-state index in [0.717, 1.165) is 5.56 Å². The van der Waals surface area contributed by atoms with Crippen LogP contribution in [-0.2, 0) is 14.3 Å². The Morgan fingerprint density at radius 1 is 0.964 bits per heavy atom. The van der Waals surface area contributed by atoms with Crippen LogP contribution in [0.15, 0.2) is 41.8 Å². The first kappa shape index (κ1) is 19.9. The lowest BCUT2D eigenvalue weighted by Gasteiger charge is -2.34. The van der Waals surface area contributed by atoms with E-state index < -0.39 is 5.97 Å². The molecule has 28 heavy (non-hydrogen) atoms. The van der Waals surface area contributed by atoms with Crippen molar-refractivity contribution in [3.05, 3.63) is 52.2 Å². The molecule has 2 amide bonds. The summed E-state index contributed by atoms with van der Waals surface area (Å²) < 4.78 is 10.4. The van der Waals surface area contributed by atoms with Gasteiger partial charge in [0, 0.05) is 26.2 Å². The van der Waals surface area contributed by atoms with Crippen molar-refractivity contribution in [2.45, 2.75) is 6.92 Å². The molecule has 3 rings (SSSR count). The first-order chi connectivity index (χ1) is 13.5. The van der Waals surface area contributed by atoms with Gasteiger partial charge in [-0.15, -0.1) is 11.3 Å². The molecule has 2 heterocycles. The Morgan fingerprint density at radius 2 is 1.68 bits per heavy atom. The number of para-hydroxylation sites is 1. The molecular weight excluding hydrogens is 380 g/mol. The van der Waals surface area contributed by atoms with E-state index >= 15 is 0 Å². The summed E-state index contributed by atoms with van der Waals surface area (Å²) in [5, 5.41) is 1.87. The number of rotatable bonds is 6. The van der Waals surface area contributed by atoms with Crippen molar-refractivity contribution in [2.24, 2.45) is 0 Å². The van der Waals surface area contributed by atoms with E-state index in [9.17, 15) is 14.4 Å². The molecule has 2 aromatic rings. The number of carbonyl (C=O) groups is 3. The number of thiophene rings is 1. The summed E-state index contributed by atoms with van der Waals surface area (Å²) >= 11 is 1.41. The van der Waals surface area contributed by atoms with E-state index in [2.05, 4.69) is 0 Å². The number of hydrogen-bond acceptors (Lipinski definition) is 6. The second kappa shape index (κ2) is 9.36. The first-order valence-corrected chi connectivity index (χ1v) is 9.87. The number of nitrogens with zero attached hydrogens (tertiary/aromatic N) is 2. The van der Waals surface area contributed by atoms with E-state index in [4.69, 9.17) is 9.47 Å². The van der Waals surface area contributed by atoms with Crippen LogP contribution in [0.3, 0.4) is 0 Å². The minimum atomic E-state index is -0.594. The number of benzene rings is 1. The van der Waals surface area contributed by atoms with Gasteiger partial charge in [-0.2, -0.15) is 0 Å². The Hall–Kier alpha value is -2.87. The molecule has 0 unspecified atom stereocenters. The molecule has 0 N–H and O–H groups in total. The van der Waals surface area contributed by atoms with Crippen LogP contribution < -0.4 is 4.74 Å². The van der Waals surface area contributed by atoms with Gasteiger partial charge in [0.05, 0.1) is 4.88 Å². The lowest BCUT2D eigenvalue weighted by Crippen LogP contribution is -2.51. The quantitative estimate of drug-likeness (QED) is 0.691. The predicted octanol–water partition coefficient (Wildman–Crippen LogP) is 1.96. The van der Waals surface area contributed by atoms with Gasteiger partial charge in [0.15, 0.2) is 13.2 Å². The highest BCUT2D eigenvalue weighted by molar-refractivity contribution is 7.12. The van der Waals surface area contributed by atoms with E-state index in [1.807, 2.05) is 36.6 Å². The lowest BCUT2D eigenvalue weighted by molar-refractivity contribution is -0.154. The zero-order valence-corrected chi connectivity index (χ0v) is 16.4. The molecule has 0 spiro atoms. The number of esters is 1. The zero-order valence-electron chi connectivity index (χ0n) is 15.6. The van der Waals surface area contributed by atoms with E-state index in [-0.39, 0.29) is 25.0 Å². The fourth-order valence-electron chi connectivity index (χ4n) is 2.85. The van der Waals surface area contributed by atoms with Gasteiger partial charge in [0.2, 0.25) is 0 Å². The van der Waals surface area contributed by atoms with Crippen LogP contribution in [0.5, 0.6) is 5.75 Å². The average molecular weight is 402 g/mol. The van der Waals surface area contributed by atoms with Gasteiger partial charge < -0.3 is 19.3 Å². The molecule has 1 fully saturated rings. The summed E-state index contributed by atoms with van der Waals surface area (Å²) in [6.45, 7) is 3.09. The molecule has 0 atom stereocenters. The monoisotopic (exact) mass is 402 g/mol. The number of piperazine rings is 1. The maximum absolute atomic E-state index is 12.3. The van der Waals surface area contributed by atoms with Gasteiger partial charge in [-0.1, -0.05) is 24.3 Å². The van der Waals surface area contributed by atoms with Crippen LogP contribution in [0.4, 0.5) is 0 Å². The molecule has 1 saturated heterocycles. The largest absolute Gasteiger partial charge is 0.482 e. The molecule has 1 aliphatic heterocycles. The highest BCUT2D eigenvalue weighted by atomic mass is 32.1. The smallest absolute Gasteiger partial charge is 0.344 e. The van der Waals surface area contributed by atoms with Gasteiger partial charge in [-0.3, -0.25) is 9.59 Å². The van der Waals surface area contributed by atoms with Crippen LogP contribution >= 0.6 is 11.3 Å². The molecule has 1 aromatic carbocycles. The number of carbonyl (C=O) groups excluding carboxylic acids is 3. The highest BCUT2D eigenvalue weighted by Gasteiger charge is 2.25. The SMILES string of the molecule is Cc1ccccc1OCC(=O)OCC(=O)N1CCN(C(=O)c2cccs2)CC1. The van der Waals surface area contributed by atoms with E-state index in [1.165, 1.54) is 11.3 Å². The summed E-state index contributed by atoms with van der Waals surface area (Å²) in [5.41, 5.74) is 0.918. The molecular formula is C20H22N2O5S. The molecule has 7 nitrogen and oxygen atoms in total. The molecule has 1 aliphatic rings. The molecule has 0 radical (unpaired) electrons. The second-order valence-electron chi connectivity index (χ2n) is 6.37. The minimum Gasteiger partial charge on any atom is -0.482 e. The number of ether oxygens (including phenoxy) is 2. The fraction of sp³-hybridized carbons (Fsp3) is 0.350. The fourth-order valence-corrected chi connectivity index (χ4v) is 3.54. The van der Waals surface area contributed by atoms with Crippen LogP contribution in [0.25, 0.3) is 0 Å². The minimum absolute atomic E-state index is 0.0121. The normalized spacial score (nSPS) is 13.9. The van der Waals surface area contributed by atoms with Crippen LogP contribution in [-0.4, -0.2) is 67.0 Å². The average Bonchev–Trinajstić information content (AvgIpc) is 3.26. The Bertz CT molecular complexity index is 829. The van der Waals surface area contributed by atoms with Gasteiger partial charge in [0.25, 0.3) is 11.8 Å². The maximum Gasteiger partial charge on any atom is 0.344 e. The summed E-state index contributed by atoms with van der Waals surface area (Å²) in [4.78, 5) is 40.4. The van der Waals surface area contributed by atoms with Gasteiger partial charge in [0.1, 0.15) is 5.75 Å². The van der Waals surface area contributed by atoms with Crippen molar-refractivity contribution < 1.29 is 23.9 Å². The summed E-state index contributed by atoms with van der Waals surface area (Å²) in [7, 11) is 0. The maximum atomic E-state index is 12.3. The highest BCUT2D eigenvalue weighted by Crippen LogP contribution is 2.16. The van der Waals surface area contributed by atoms with Gasteiger partial charge >= 0.3 is 5.97 Å². The van der Waals surface area contributed by atoms with Crippen molar-refractivity contribution in [1.82, 2.24) is 9.80 Å². The molecule has 148 valence electrons. The topological polar surface area (TPSA) is 76.2 Å². The number of amides is 2. The second-order valence-corrected chi connectivity index (χ2v) is 7.31. The third-order valence-electron chi connectivity index (χ3n) is 4.45. The summed E-state index contributed by atoms with van der Waals surface area (Å²) in [5.74, 6) is -0.269. The lowest BCUT2D eigenvalue weighted by atomic mass is 10.2. The van der Waals surface area contributed by atoms with Crippen molar-refractivity contribution in [3.8, 4) is 5.75 Å². The zero-order chi connectivity index (χ0) is 19.9. The van der Waals surface area contributed by atoms with Crippen molar-refractivity contribution in [2.75, 3.05) is 39.4 Å². The predicted molar refractivity (Wildman–Crippen MR) is 104 cm³/mol. The van der Waals surface area contributed by atoms with Crippen molar-refractivity contribution in [3.63, 3.8) is 0 Å². The third kappa shape index (κ3) is 5.10. The number of aryl methyl sites for hydroxylation is 1. The van der Waals surface area contributed by atoms with Crippen LogP contribution in [0.1, 0.15) is 15.2 Å². The standard InChI is InChI=1S/C20H22N2O5S/c1-15-5-2-3-6-16(15)26-14-19(24)27-13-18(23)21-8-10-22(11-9-21)20(25)17-7-4-12-28-17/h2-7,12H,8-11,13-14H2,1H3. The summed E-state index contributed by atoms with van der Waals surface area (Å²) in [6.07, 6.45) is 0. The van der Waals surface area contributed by atoms with Crippen molar-refractivity contribution >= 4 is 29.1 Å². The van der Waals surface area contributed by atoms with E-state index in [0.29, 0.717) is 36.8 Å². The Morgan fingerprint density at radius 3 is 2.36 bits per heavy atom. The van der Waals surface area contributed by atoms with Crippen LogP contribution in [0, 0.1) is 6.92 Å².